The molecular formula is C24H24F3N3O2. The molecular weight excluding hydrogens is 419 g/mol. The van der Waals surface area contributed by atoms with Crippen molar-refractivity contribution in [3.8, 4) is 5.75 Å². The Morgan fingerprint density at radius 3 is 2.75 bits per heavy atom. The summed E-state index contributed by atoms with van der Waals surface area (Å²) < 4.78 is 45.1. The van der Waals surface area contributed by atoms with E-state index in [9.17, 15) is 18.0 Å². The molecule has 0 bridgehead atoms. The third-order valence-electron chi connectivity index (χ3n) is 5.51. The molecule has 32 heavy (non-hydrogen) atoms. The number of ether oxygens (including phenoxy) is 1. The second kappa shape index (κ2) is 9.06. The summed E-state index contributed by atoms with van der Waals surface area (Å²) in [6, 6.07) is 14.2. The van der Waals surface area contributed by atoms with Crippen molar-refractivity contribution in [2.45, 2.75) is 25.9 Å². The number of nitrogens with one attached hydrogen (secondary N) is 1. The summed E-state index contributed by atoms with van der Waals surface area (Å²) in [4.78, 5) is 19.3. The van der Waals surface area contributed by atoms with Crippen LogP contribution in [0, 0.1) is 5.92 Å². The number of carbonyl (C=O) groups excluding carboxylic acids is 1. The van der Waals surface area contributed by atoms with Crippen LogP contribution in [-0.2, 0) is 11.0 Å². The van der Waals surface area contributed by atoms with E-state index in [2.05, 4.69) is 17.1 Å². The number of amides is 1. The Balaban J connectivity index is 1.50. The smallest absolute Gasteiger partial charge is 0.418 e. The Bertz CT molecular complexity index is 1120. The SMILES string of the molecule is CC1CCCN(c2ccc3cccc(OCC(=O)Nc4ccccc4C(F)(F)F)c3n2)C1. The van der Waals surface area contributed by atoms with Crippen LogP contribution in [0.4, 0.5) is 24.7 Å². The first kappa shape index (κ1) is 21.9. The number of carbonyl (C=O) groups is 1. The molecule has 0 spiro atoms. The second-order valence-corrected chi connectivity index (χ2v) is 8.07. The standard InChI is InChI=1S/C24H24F3N3O2/c1-16-6-5-13-30(14-16)21-12-11-17-7-4-10-20(23(17)29-21)32-15-22(31)28-19-9-3-2-8-18(19)24(25,26)27/h2-4,7-12,16H,5-6,13-15H2,1H3,(H,28,31). The zero-order valence-electron chi connectivity index (χ0n) is 17.7. The number of pyridine rings is 1. The predicted octanol–water partition coefficient (Wildman–Crippen LogP) is 5.51. The molecule has 1 aliphatic rings. The normalized spacial score (nSPS) is 16.8. The van der Waals surface area contributed by atoms with Gasteiger partial charge in [-0.05, 0) is 49.1 Å². The van der Waals surface area contributed by atoms with E-state index in [1.54, 1.807) is 12.1 Å². The van der Waals surface area contributed by atoms with Crippen molar-refractivity contribution in [2.24, 2.45) is 5.92 Å². The van der Waals surface area contributed by atoms with E-state index in [1.165, 1.54) is 24.6 Å². The molecule has 1 atom stereocenters. The molecule has 4 rings (SSSR count). The lowest BCUT2D eigenvalue weighted by molar-refractivity contribution is -0.137. The lowest BCUT2D eigenvalue weighted by atomic mass is 10.0. The van der Waals surface area contributed by atoms with E-state index in [1.807, 2.05) is 18.2 Å². The molecule has 5 nitrogen and oxygen atoms in total. The fourth-order valence-electron chi connectivity index (χ4n) is 3.97. The van der Waals surface area contributed by atoms with Gasteiger partial charge in [-0.25, -0.2) is 4.98 Å². The summed E-state index contributed by atoms with van der Waals surface area (Å²) in [7, 11) is 0. The van der Waals surface area contributed by atoms with Crippen LogP contribution in [0.3, 0.4) is 0 Å². The second-order valence-electron chi connectivity index (χ2n) is 8.07. The predicted molar refractivity (Wildman–Crippen MR) is 118 cm³/mol. The van der Waals surface area contributed by atoms with E-state index >= 15 is 0 Å². The Morgan fingerprint density at radius 1 is 1.16 bits per heavy atom. The number of para-hydroxylation sites is 2. The Hall–Kier alpha value is -3.29. The van der Waals surface area contributed by atoms with Crippen LogP contribution < -0.4 is 15.0 Å². The zero-order chi connectivity index (χ0) is 22.7. The molecule has 3 aromatic rings. The summed E-state index contributed by atoms with van der Waals surface area (Å²) in [5, 5.41) is 3.15. The van der Waals surface area contributed by atoms with Crippen LogP contribution in [-0.4, -0.2) is 30.6 Å². The van der Waals surface area contributed by atoms with E-state index in [0.717, 1.165) is 36.8 Å². The van der Waals surface area contributed by atoms with Crippen molar-refractivity contribution in [3.63, 3.8) is 0 Å². The Morgan fingerprint density at radius 2 is 1.97 bits per heavy atom. The molecule has 2 heterocycles. The van der Waals surface area contributed by atoms with E-state index in [-0.39, 0.29) is 5.69 Å². The third kappa shape index (κ3) is 4.95. The maximum atomic E-state index is 13.1. The molecule has 0 saturated carbocycles. The molecule has 0 aliphatic carbocycles. The van der Waals surface area contributed by atoms with Gasteiger partial charge in [0.25, 0.3) is 5.91 Å². The van der Waals surface area contributed by atoms with Crippen LogP contribution in [0.15, 0.2) is 54.6 Å². The fraction of sp³-hybridized carbons (Fsp3) is 0.333. The highest BCUT2D eigenvalue weighted by Crippen LogP contribution is 2.34. The summed E-state index contributed by atoms with van der Waals surface area (Å²) in [6.07, 6.45) is -2.25. The van der Waals surface area contributed by atoms with Crippen molar-refractivity contribution in [1.82, 2.24) is 4.98 Å². The molecule has 168 valence electrons. The number of nitrogens with zero attached hydrogens (tertiary/aromatic N) is 2. The van der Waals surface area contributed by atoms with Gasteiger partial charge in [0.1, 0.15) is 17.1 Å². The molecule has 1 N–H and O–H groups in total. The molecule has 8 heteroatoms. The summed E-state index contributed by atoms with van der Waals surface area (Å²) >= 11 is 0. The van der Waals surface area contributed by atoms with Crippen LogP contribution in [0.2, 0.25) is 0 Å². The van der Waals surface area contributed by atoms with Gasteiger partial charge in [-0.15, -0.1) is 0 Å². The first-order valence-electron chi connectivity index (χ1n) is 10.5. The first-order valence-corrected chi connectivity index (χ1v) is 10.5. The average Bonchev–Trinajstić information content (AvgIpc) is 2.77. The maximum Gasteiger partial charge on any atom is 0.418 e. The molecule has 1 saturated heterocycles. The van der Waals surface area contributed by atoms with Gasteiger partial charge < -0.3 is 15.0 Å². The number of aromatic nitrogens is 1. The number of alkyl halides is 3. The van der Waals surface area contributed by atoms with Gasteiger partial charge in [-0.1, -0.05) is 31.2 Å². The number of piperidine rings is 1. The fourth-order valence-corrected chi connectivity index (χ4v) is 3.97. The summed E-state index contributed by atoms with van der Waals surface area (Å²) in [5.74, 6) is 1.17. The first-order chi connectivity index (χ1) is 15.3. The summed E-state index contributed by atoms with van der Waals surface area (Å²) in [5.41, 5.74) is -0.585. The number of benzene rings is 2. The van der Waals surface area contributed by atoms with Crippen molar-refractivity contribution >= 4 is 28.3 Å². The minimum atomic E-state index is -4.56. The van der Waals surface area contributed by atoms with Crippen molar-refractivity contribution in [2.75, 3.05) is 29.9 Å². The zero-order valence-corrected chi connectivity index (χ0v) is 17.7. The highest BCUT2D eigenvalue weighted by atomic mass is 19.4. The van der Waals surface area contributed by atoms with Gasteiger partial charge in [-0.2, -0.15) is 13.2 Å². The average molecular weight is 443 g/mol. The molecule has 1 unspecified atom stereocenters. The number of hydrogen-bond donors (Lipinski definition) is 1. The number of fused-ring (bicyclic) bond motifs is 1. The van der Waals surface area contributed by atoms with Crippen LogP contribution in [0.1, 0.15) is 25.3 Å². The quantitative estimate of drug-likeness (QED) is 0.565. The number of anilines is 2. The third-order valence-corrected chi connectivity index (χ3v) is 5.51. The monoisotopic (exact) mass is 443 g/mol. The Labute approximate surface area is 184 Å². The van der Waals surface area contributed by atoms with Gasteiger partial charge in [0.2, 0.25) is 0 Å². The van der Waals surface area contributed by atoms with Crippen molar-refractivity contribution in [1.29, 1.82) is 0 Å². The minimum Gasteiger partial charge on any atom is -0.481 e. The van der Waals surface area contributed by atoms with Crippen LogP contribution in [0.5, 0.6) is 5.75 Å². The van der Waals surface area contributed by atoms with Crippen LogP contribution in [0.25, 0.3) is 10.9 Å². The van der Waals surface area contributed by atoms with Gasteiger partial charge in [0.05, 0.1) is 11.3 Å². The largest absolute Gasteiger partial charge is 0.481 e. The minimum absolute atomic E-state index is 0.300. The van der Waals surface area contributed by atoms with E-state index in [4.69, 9.17) is 9.72 Å². The van der Waals surface area contributed by atoms with Crippen LogP contribution >= 0.6 is 0 Å². The van der Waals surface area contributed by atoms with E-state index < -0.39 is 24.3 Å². The number of halogens is 3. The summed E-state index contributed by atoms with van der Waals surface area (Å²) in [6.45, 7) is 3.66. The molecule has 1 aliphatic heterocycles. The van der Waals surface area contributed by atoms with Gasteiger partial charge in [-0.3, -0.25) is 4.79 Å². The Kier molecular flexibility index (Phi) is 6.21. The van der Waals surface area contributed by atoms with Crippen molar-refractivity contribution < 1.29 is 22.7 Å². The van der Waals surface area contributed by atoms with Gasteiger partial charge >= 0.3 is 6.18 Å². The van der Waals surface area contributed by atoms with Gasteiger partial charge in [0.15, 0.2) is 6.61 Å². The maximum absolute atomic E-state index is 13.1. The molecule has 1 fully saturated rings. The molecule has 0 radical (unpaired) electrons. The topological polar surface area (TPSA) is 54.5 Å². The lowest BCUT2D eigenvalue weighted by Gasteiger charge is -2.32. The molecule has 2 aromatic carbocycles. The molecule has 1 aromatic heterocycles. The lowest BCUT2D eigenvalue weighted by Crippen LogP contribution is -2.34. The highest BCUT2D eigenvalue weighted by Gasteiger charge is 2.33. The molecule has 1 amide bonds. The van der Waals surface area contributed by atoms with Crippen molar-refractivity contribution in [3.05, 3.63) is 60.2 Å². The number of rotatable bonds is 5. The van der Waals surface area contributed by atoms with E-state index in [0.29, 0.717) is 17.2 Å². The highest BCUT2D eigenvalue weighted by molar-refractivity contribution is 5.93. The van der Waals surface area contributed by atoms with Gasteiger partial charge in [0, 0.05) is 18.5 Å². The number of hydrogen-bond acceptors (Lipinski definition) is 4.